The normalized spacial score (nSPS) is 18.9. The maximum absolute atomic E-state index is 10.6. The smallest absolute Gasteiger partial charge is 0.149 e. The van der Waals surface area contributed by atoms with Gasteiger partial charge in [-0.1, -0.05) is 72.2 Å². The molecule has 0 aromatic heterocycles. The molecular weight excluding hydrogens is 280 g/mol. The van der Waals surface area contributed by atoms with Gasteiger partial charge in [-0.2, -0.15) is 0 Å². The molecule has 0 fully saturated rings. The molecule has 2 aromatic rings. The fourth-order valence-electron chi connectivity index (χ4n) is 2.28. The first-order valence-corrected chi connectivity index (χ1v) is 7.50. The summed E-state index contributed by atoms with van der Waals surface area (Å²) in [5, 5.41) is 10.6. The Morgan fingerprint density at radius 2 is 1.39 bits per heavy atom. The van der Waals surface area contributed by atoms with Gasteiger partial charge in [0, 0.05) is 23.1 Å². The summed E-state index contributed by atoms with van der Waals surface area (Å²) in [5.74, 6) is 12.2. The van der Waals surface area contributed by atoms with Crippen molar-refractivity contribution in [2.45, 2.75) is 12.0 Å². The highest BCUT2D eigenvalue weighted by Gasteiger charge is 2.23. The molecule has 0 saturated heterocycles. The van der Waals surface area contributed by atoms with Crippen LogP contribution in [0, 0.1) is 23.7 Å². The Morgan fingerprint density at radius 1 is 0.783 bits per heavy atom. The lowest BCUT2D eigenvalue weighted by molar-refractivity contribution is 0.153. The predicted molar refractivity (Wildman–Crippen MR) is 93.4 cm³/mol. The Labute approximate surface area is 137 Å². The van der Waals surface area contributed by atoms with Gasteiger partial charge in [0.05, 0.1) is 0 Å². The summed E-state index contributed by atoms with van der Waals surface area (Å²) in [5.41, 5.74) is 1.56. The fraction of sp³-hybridized carbons (Fsp3) is 0.0909. The Balaban J connectivity index is 1.76. The summed E-state index contributed by atoms with van der Waals surface area (Å²) < 4.78 is 0. The van der Waals surface area contributed by atoms with Crippen molar-refractivity contribution in [3.8, 4) is 23.7 Å². The molecule has 3 rings (SSSR count). The SMILES string of the molecule is OC1(C#Cc2ccccc2)C=CC=C(C#Cc2ccccc2)C1. The topological polar surface area (TPSA) is 20.2 Å². The monoisotopic (exact) mass is 296 g/mol. The molecule has 0 aliphatic heterocycles. The maximum Gasteiger partial charge on any atom is 0.149 e. The number of benzene rings is 2. The lowest BCUT2D eigenvalue weighted by atomic mass is 9.90. The van der Waals surface area contributed by atoms with E-state index in [9.17, 15) is 5.11 Å². The standard InChI is InChI=1S/C22H16O/c23-22(17-15-20-10-5-2-6-11-20)16-7-12-21(18-22)14-13-19-8-3-1-4-9-19/h1-12,16,23H,18H2. The Kier molecular flexibility index (Phi) is 4.44. The van der Waals surface area contributed by atoms with Gasteiger partial charge in [-0.15, -0.1) is 0 Å². The zero-order valence-electron chi connectivity index (χ0n) is 12.7. The van der Waals surface area contributed by atoms with Gasteiger partial charge in [0.1, 0.15) is 5.60 Å². The molecule has 1 atom stereocenters. The van der Waals surface area contributed by atoms with E-state index in [0.717, 1.165) is 16.7 Å². The number of hydrogen-bond acceptors (Lipinski definition) is 1. The number of hydrogen-bond donors (Lipinski definition) is 1. The fourth-order valence-corrected chi connectivity index (χ4v) is 2.28. The summed E-state index contributed by atoms with van der Waals surface area (Å²) in [6, 6.07) is 19.5. The molecule has 2 aromatic carbocycles. The minimum Gasteiger partial charge on any atom is -0.374 e. The van der Waals surface area contributed by atoms with Gasteiger partial charge in [0.2, 0.25) is 0 Å². The van der Waals surface area contributed by atoms with Gasteiger partial charge in [-0.05, 0) is 30.3 Å². The molecule has 0 bridgehead atoms. The van der Waals surface area contributed by atoms with E-state index < -0.39 is 5.60 Å². The van der Waals surface area contributed by atoms with Crippen LogP contribution in [-0.4, -0.2) is 10.7 Å². The van der Waals surface area contributed by atoms with Crippen molar-refractivity contribution in [1.29, 1.82) is 0 Å². The summed E-state index contributed by atoms with van der Waals surface area (Å²) in [4.78, 5) is 0. The van der Waals surface area contributed by atoms with Gasteiger partial charge in [-0.25, -0.2) is 0 Å². The van der Waals surface area contributed by atoms with Crippen molar-refractivity contribution in [2.24, 2.45) is 0 Å². The van der Waals surface area contributed by atoms with Crippen LogP contribution >= 0.6 is 0 Å². The average molecular weight is 296 g/mol. The lowest BCUT2D eigenvalue weighted by Crippen LogP contribution is -2.25. The molecule has 0 heterocycles. The van der Waals surface area contributed by atoms with E-state index in [1.807, 2.05) is 72.8 Å². The Bertz CT molecular complexity index is 852. The van der Waals surface area contributed by atoms with Crippen LogP contribution < -0.4 is 0 Å². The second-order valence-corrected chi connectivity index (χ2v) is 5.38. The van der Waals surface area contributed by atoms with Crippen molar-refractivity contribution in [3.05, 3.63) is 95.6 Å². The highest BCUT2D eigenvalue weighted by atomic mass is 16.3. The molecule has 1 unspecified atom stereocenters. The second kappa shape index (κ2) is 6.84. The molecule has 1 aliphatic rings. The van der Waals surface area contributed by atoms with E-state index in [-0.39, 0.29) is 0 Å². The van der Waals surface area contributed by atoms with E-state index in [1.54, 1.807) is 6.08 Å². The molecule has 23 heavy (non-hydrogen) atoms. The van der Waals surface area contributed by atoms with Crippen LogP contribution in [0.5, 0.6) is 0 Å². The minimum atomic E-state index is -1.16. The molecule has 1 nitrogen and oxygen atoms in total. The minimum absolute atomic E-state index is 0.406. The van der Waals surface area contributed by atoms with Gasteiger partial charge in [0.25, 0.3) is 0 Å². The average Bonchev–Trinajstić information content (AvgIpc) is 2.60. The van der Waals surface area contributed by atoms with E-state index in [0.29, 0.717) is 6.42 Å². The molecular formula is C22H16O. The van der Waals surface area contributed by atoms with Crippen LogP contribution in [0.3, 0.4) is 0 Å². The zero-order valence-corrected chi connectivity index (χ0v) is 12.7. The van der Waals surface area contributed by atoms with Crippen LogP contribution in [0.15, 0.2) is 84.5 Å². The van der Waals surface area contributed by atoms with Gasteiger partial charge in [0.15, 0.2) is 0 Å². The Morgan fingerprint density at radius 3 is 2.04 bits per heavy atom. The van der Waals surface area contributed by atoms with Crippen molar-refractivity contribution < 1.29 is 5.11 Å². The van der Waals surface area contributed by atoms with E-state index in [1.165, 1.54) is 0 Å². The van der Waals surface area contributed by atoms with Crippen LogP contribution in [0.25, 0.3) is 0 Å². The highest BCUT2D eigenvalue weighted by Crippen LogP contribution is 2.22. The van der Waals surface area contributed by atoms with Gasteiger partial charge >= 0.3 is 0 Å². The summed E-state index contributed by atoms with van der Waals surface area (Å²) in [6.07, 6.45) is 5.87. The quantitative estimate of drug-likeness (QED) is 0.735. The summed E-state index contributed by atoms with van der Waals surface area (Å²) in [7, 11) is 0. The third kappa shape index (κ3) is 4.24. The van der Waals surface area contributed by atoms with Crippen LogP contribution in [0.2, 0.25) is 0 Å². The Hall–Kier alpha value is -3.00. The maximum atomic E-state index is 10.6. The van der Waals surface area contributed by atoms with Crippen molar-refractivity contribution >= 4 is 0 Å². The van der Waals surface area contributed by atoms with Crippen molar-refractivity contribution in [1.82, 2.24) is 0 Å². The first-order valence-electron chi connectivity index (χ1n) is 7.50. The number of aliphatic hydroxyl groups is 1. The van der Waals surface area contributed by atoms with Crippen LogP contribution in [-0.2, 0) is 0 Å². The molecule has 110 valence electrons. The molecule has 1 N–H and O–H groups in total. The molecule has 1 heteroatoms. The van der Waals surface area contributed by atoms with Crippen molar-refractivity contribution in [3.63, 3.8) is 0 Å². The predicted octanol–water partition coefficient (Wildman–Crippen LogP) is 3.71. The van der Waals surface area contributed by atoms with E-state index >= 15 is 0 Å². The highest BCUT2D eigenvalue weighted by molar-refractivity contribution is 5.47. The first kappa shape index (κ1) is 14.9. The largest absolute Gasteiger partial charge is 0.374 e. The van der Waals surface area contributed by atoms with Crippen molar-refractivity contribution in [2.75, 3.05) is 0 Å². The van der Waals surface area contributed by atoms with Crippen LogP contribution in [0.4, 0.5) is 0 Å². The lowest BCUT2D eigenvalue weighted by Gasteiger charge is -2.20. The van der Waals surface area contributed by atoms with Gasteiger partial charge in [-0.3, -0.25) is 0 Å². The number of rotatable bonds is 0. The third-order valence-corrected chi connectivity index (χ3v) is 3.47. The molecule has 0 radical (unpaired) electrons. The third-order valence-electron chi connectivity index (χ3n) is 3.47. The van der Waals surface area contributed by atoms with Crippen LogP contribution in [0.1, 0.15) is 17.5 Å². The number of allylic oxidation sites excluding steroid dienone is 2. The van der Waals surface area contributed by atoms with E-state index in [2.05, 4.69) is 23.7 Å². The molecule has 0 saturated carbocycles. The molecule has 0 spiro atoms. The van der Waals surface area contributed by atoms with E-state index in [4.69, 9.17) is 0 Å². The molecule has 0 amide bonds. The zero-order chi connectivity index (χ0) is 16.0. The molecule has 1 aliphatic carbocycles. The van der Waals surface area contributed by atoms with Gasteiger partial charge < -0.3 is 5.11 Å². The second-order valence-electron chi connectivity index (χ2n) is 5.38. The first-order chi connectivity index (χ1) is 11.2. The summed E-state index contributed by atoms with van der Waals surface area (Å²) in [6.45, 7) is 0. The summed E-state index contributed by atoms with van der Waals surface area (Å²) >= 11 is 0.